The van der Waals surface area contributed by atoms with E-state index in [-0.39, 0.29) is 0 Å². The predicted molar refractivity (Wildman–Crippen MR) is 131 cm³/mol. The van der Waals surface area contributed by atoms with Gasteiger partial charge in [0.05, 0.1) is 36.1 Å². The number of nitrogens with zero attached hydrogens (tertiary/aromatic N) is 3. The second kappa shape index (κ2) is 9.45. The van der Waals surface area contributed by atoms with Crippen LogP contribution in [0.4, 0.5) is 5.95 Å². The van der Waals surface area contributed by atoms with Crippen LogP contribution in [-0.4, -0.2) is 30.4 Å². The van der Waals surface area contributed by atoms with E-state index < -0.39 is 0 Å². The molecule has 0 spiro atoms. The molecule has 0 radical (unpaired) electrons. The fourth-order valence-corrected chi connectivity index (χ4v) is 4.08. The molecule has 0 atom stereocenters. The van der Waals surface area contributed by atoms with E-state index in [1.807, 2.05) is 60.7 Å². The second-order valence-electron chi connectivity index (χ2n) is 6.50. The zero-order valence-corrected chi connectivity index (χ0v) is 19.9. The van der Waals surface area contributed by atoms with Crippen molar-refractivity contribution in [2.24, 2.45) is 5.10 Å². The highest BCUT2D eigenvalue weighted by atomic mass is 79.9. The van der Waals surface area contributed by atoms with Gasteiger partial charge in [0.15, 0.2) is 11.5 Å². The number of rotatable bonds is 6. The van der Waals surface area contributed by atoms with Gasteiger partial charge in [-0.1, -0.05) is 46.3 Å². The third-order valence-corrected chi connectivity index (χ3v) is 5.90. The molecule has 0 aliphatic carbocycles. The first-order valence-corrected chi connectivity index (χ1v) is 10.9. The molecule has 0 fully saturated rings. The van der Waals surface area contributed by atoms with Crippen LogP contribution in [0.15, 0.2) is 74.7 Å². The van der Waals surface area contributed by atoms with E-state index in [2.05, 4.69) is 47.4 Å². The maximum Gasteiger partial charge on any atom is 0.244 e. The highest BCUT2D eigenvalue weighted by Crippen LogP contribution is 2.37. The van der Waals surface area contributed by atoms with Crippen molar-refractivity contribution >= 4 is 54.9 Å². The van der Waals surface area contributed by atoms with Gasteiger partial charge in [0, 0.05) is 21.0 Å². The number of benzene rings is 3. The Balaban J connectivity index is 1.69. The minimum absolute atomic E-state index is 0.404. The molecule has 0 aliphatic heterocycles. The van der Waals surface area contributed by atoms with Crippen LogP contribution >= 0.6 is 31.9 Å². The maximum absolute atomic E-state index is 5.41. The van der Waals surface area contributed by atoms with Gasteiger partial charge >= 0.3 is 0 Å². The van der Waals surface area contributed by atoms with Crippen molar-refractivity contribution in [3.05, 3.63) is 75.2 Å². The van der Waals surface area contributed by atoms with E-state index in [0.29, 0.717) is 17.4 Å². The van der Waals surface area contributed by atoms with E-state index in [1.165, 1.54) is 0 Å². The highest BCUT2D eigenvalue weighted by molar-refractivity contribution is 9.10. The Morgan fingerprint density at radius 3 is 2.48 bits per heavy atom. The monoisotopic (exact) mass is 540 g/mol. The largest absolute Gasteiger partial charge is 0.493 e. The molecule has 31 heavy (non-hydrogen) atoms. The number of ether oxygens (including phenoxy) is 2. The number of anilines is 1. The lowest BCUT2D eigenvalue weighted by atomic mass is 10.1. The molecule has 0 bridgehead atoms. The van der Waals surface area contributed by atoms with E-state index in [9.17, 15) is 0 Å². The summed E-state index contributed by atoms with van der Waals surface area (Å²) in [6.07, 6.45) is 1.67. The summed E-state index contributed by atoms with van der Waals surface area (Å²) in [4.78, 5) is 9.32. The van der Waals surface area contributed by atoms with Crippen molar-refractivity contribution in [1.29, 1.82) is 0 Å². The first-order valence-electron chi connectivity index (χ1n) is 9.33. The van der Waals surface area contributed by atoms with Gasteiger partial charge in [-0.25, -0.2) is 15.4 Å². The lowest BCUT2D eigenvalue weighted by Crippen LogP contribution is -2.00. The molecule has 0 unspecified atom stereocenters. The molecule has 6 nitrogen and oxygen atoms in total. The Morgan fingerprint density at radius 1 is 0.935 bits per heavy atom. The van der Waals surface area contributed by atoms with Gasteiger partial charge in [-0.3, -0.25) is 0 Å². The molecule has 8 heteroatoms. The number of halogens is 2. The van der Waals surface area contributed by atoms with Crippen LogP contribution in [-0.2, 0) is 0 Å². The smallest absolute Gasteiger partial charge is 0.244 e. The molecule has 0 amide bonds. The molecule has 4 rings (SSSR count). The molecule has 4 aromatic rings. The molecular formula is C23H18Br2N4O2. The normalized spacial score (nSPS) is 11.1. The SMILES string of the molecule is COc1ccc(/C=N/Nc2nc(-c3ccccc3)c3cc(Br)ccc3n2)c(Br)c1OC. The van der Waals surface area contributed by atoms with Crippen molar-refractivity contribution in [2.45, 2.75) is 0 Å². The van der Waals surface area contributed by atoms with Crippen LogP contribution < -0.4 is 14.9 Å². The molecule has 0 aliphatic rings. The first-order chi connectivity index (χ1) is 15.1. The second-order valence-corrected chi connectivity index (χ2v) is 8.21. The molecule has 1 heterocycles. The lowest BCUT2D eigenvalue weighted by molar-refractivity contribution is 0.353. The van der Waals surface area contributed by atoms with Gasteiger partial charge < -0.3 is 9.47 Å². The quantitative estimate of drug-likeness (QED) is 0.229. The zero-order chi connectivity index (χ0) is 21.8. The van der Waals surface area contributed by atoms with E-state index in [4.69, 9.17) is 14.5 Å². The maximum atomic E-state index is 5.41. The van der Waals surface area contributed by atoms with Gasteiger partial charge in [0.2, 0.25) is 5.95 Å². The summed E-state index contributed by atoms with van der Waals surface area (Å²) in [5.74, 6) is 1.64. The molecule has 0 saturated heterocycles. The molecule has 156 valence electrons. The lowest BCUT2D eigenvalue weighted by Gasteiger charge is -2.11. The Hall–Kier alpha value is -2.97. The molecule has 1 N–H and O–H groups in total. The fourth-order valence-electron chi connectivity index (χ4n) is 3.13. The van der Waals surface area contributed by atoms with Gasteiger partial charge in [-0.15, -0.1) is 0 Å². The van der Waals surface area contributed by atoms with Crippen LogP contribution in [0.5, 0.6) is 11.5 Å². The summed E-state index contributed by atoms with van der Waals surface area (Å²) in [6.45, 7) is 0. The standard InChI is InChI=1S/C23H18Br2N4O2/c1-30-19-11-8-15(20(25)22(19)31-2)13-26-29-23-27-18-10-9-16(24)12-17(18)21(28-23)14-6-4-3-5-7-14/h3-13H,1-2H3,(H,27,28,29)/b26-13+. The number of aromatic nitrogens is 2. The zero-order valence-electron chi connectivity index (χ0n) is 16.8. The van der Waals surface area contributed by atoms with Crippen LogP contribution in [0.25, 0.3) is 22.2 Å². The number of nitrogens with one attached hydrogen (secondary N) is 1. The number of fused-ring (bicyclic) bond motifs is 1. The van der Waals surface area contributed by atoms with Gasteiger partial charge in [0.1, 0.15) is 0 Å². The Morgan fingerprint density at radius 2 is 1.74 bits per heavy atom. The molecular weight excluding hydrogens is 524 g/mol. The van der Waals surface area contributed by atoms with Gasteiger partial charge in [0.25, 0.3) is 0 Å². The highest BCUT2D eigenvalue weighted by Gasteiger charge is 2.12. The van der Waals surface area contributed by atoms with Gasteiger partial charge in [-0.05, 0) is 46.3 Å². The number of hydrogen-bond donors (Lipinski definition) is 1. The van der Waals surface area contributed by atoms with E-state index in [0.717, 1.165) is 36.7 Å². The number of hydrazone groups is 1. The minimum atomic E-state index is 0.404. The summed E-state index contributed by atoms with van der Waals surface area (Å²) in [6, 6.07) is 19.6. The van der Waals surface area contributed by atoms with Crippen LogP contribution in [0.3, 0.4) is 0 Å². The summed E-state index contributed by atoms with van der Waals surface area (Å²) in [7, 11) is 3.19. The summed E-state index contributed by atoms with van der Waals surface area (Å²) >= 11 is 7.08. The number of hydrogen-bond acceptors (Lipinski definition) is 6. The molecule has 0 saturated carbocycles. The van der Waals surface area contributed by atoms with E-state index >= 15 is 0 Å². The molecule has 1 aromatic heterocycles. The Labute approximate surface area is 196 Å². The summed E-state index contributed by atoms with van der Waals surface area (Å²) in [5, 5.41) is 5.28. The van der Waals surface area contributed by atoms with Crippen molar-refractivity contribution in [3.8, 4) is 22.8 Å². The predicted octanol–water partition coefficient (Wildman–Crippen LogP) is 6.29. The van der Waals surface area contributed by atoms with Crippen LogP contribution in [0.1, 0.15) is 5.56 Å². The first kappa shape index (κ1) is 21.3. The van der Waals surface area contributed by atoms with Crippen LogP contribution in [0, 0.1) is 0 Å². The Bertz CT molecular complexity index is 1260. The summed E-state index contributed by atoms with van der Waals surface area (Å²) < 4.78 is 12.4. The van der Waals surface area contributed by atoms with Crippen LogP contribution in [0.2, 0.25) is 0 Å². The Kier molecular flexibility index (Phi) is 6.48. The van der Waals surface area contributed by atoms with Gasteiger partial charge in [-0.2, -0.15) is 5.10 Å². The van der Waals surface area contributed by atoms with Crippen molar-refractivity contribution in [1.82, 2.24) is 9.97 Å². The van der Waals surface area contributed by atoms with E-state index in [1.54, 1.807) is 20.4 Å². The topological polar surface area (TPSA) is 68.6 Å². The number of methoxy groups -OCH3 is 2. The van der Waals surface area contributed by atoms with Crippen molar-refractivity contribution in [3.63, 3.8) is 0 Å². The third kappa shape index (κ3) is 4.55. The average Bonchev–Trinajstić information content (AvgIpc) is 2.80. The summed E-state index contributed by atoms with van der Waals surface area (Å²) in [5.41, 5.74) is 6.42. The van der Waals surface area contributed by atoms with Crippen molar-refractivity contribution < 1.29 is 9.47 Å². The average molecular weight is 542 g/mol. The fraction of sp³-hybridized carbons (Fsp3) is 0.0870. The molecule has 3 aromatic carbocycles. The third-order valence-electron chi connectivity index (χ3n) is 4.59. The minimum Gasteiger partial charge on any atom is -0.493 e. The van der Waals surface area contributed by atoms with Crippen molar-refractivity contribution in [2.75, 3.05) is 19.6 Å².